The Bertz CT molecular complexity index is 225. The Hall–Kier alpha value is -0.630. The third kappa shape index (κ3) is 1.90. The molecule has 0 unspecified atom stereocenters. The van der Waals surface area contributed by atoms with Gasteiger partial charge in [0.2, 0.25) is 0 Å². The fourth-order valence-corrected chi connectivity index (χ4v) is 1.77. The monoisotopic (exact) mass is 168 g/mol. The molecule has 0 saturated heterocycles. The van der Waals surface area contributed by atoms with Crippen LogP contribution in [-0.2, 0) is 0 Å². The van der Waals surface area contributed by atoms with Gasteiger partial charge in [0, 0.05) is 0 Å². The maximum atomic E-state index is 9.40. The Labute approximate surface area is 71.4 Å². The van der Waals surface area contributed by atoms with Crippen molar-refractivity contribution in [3.8, 4) is 5.75 Å². The van der Waals surface area contributed by atoms with E-state index in [1.165, 1.54) is 0 Å². The summed E-state index contributed by atoms with van der Waals surface area (Å²) < 4.78 is 0. The minimum atomic E-state index is 0.400. The van der Waals surface area contributed by atoms with Gasteiger partial charge in [-0.1, -0.05) is 19.1 Å². The van der Waals surface area contributed by atoms with Crippen LogP contribution in [0, 0.1) is 6.92 Å². The van der Waals surface area contributed by atoms with E-state index in [0.717, 1.165) is 16.2 Å². The largest absolute Gasteiger partial charge is 0.507 e. The van der Waals surface area contributed by atoms with Crippen LogP contribution in [0.1, 0.15) is 12.5 Å². The van der Waals surface area contributed by atoms with Crippen LogP contribution in [0.5, 0.6) is 5.75 Å². The Morgan fingerprint density at radius 1 is 1.45 bits per heavy atom. The van der Waals surface area contributed by atoms with Crippen LogP contribution in [0.2, 0.25) is 0 Å². The number of phenolic OH excluding ortho intramolecular Hbond substituents is 1. The van der Waals surface area contributed by atoms with E-state index in [-0.39, 0.29) is 0 Å². The summed E-state index contributed by atoms with van der Waals surface area (Å²) in [5, 5.41) is 9.40. The van der Waals surface area contributed by atoms with Crippen molar-refractivity contribution in [1.82, 2.24) is 0 Å². The van der Waals surface area contributed by atoms with Crippen molar-refractivity contribution in [2.45, 2.75) is 18.7 Å². The third-order valence-electron chi connectivity index (χ3n) is 1.48. The molecule has 0 fully saturated rings. The van der Waals surface area contributed by atoms with Crippen molar-refractivity contribution < 1.29 is 5.11 Å². The summed E-state index contributed by atoms with van der Waals surface area (Å²) >= 11 is 1.68. The predicted molar refractivity (Wildman–Crippen MR) is 49.2 cm³/mol. The lowest BCUT2D eigenvalue weighted by molar-refractivity contribution is 0.461. The Morgan fingerprint density at radius 2 is 2.18 bits per heavy atom. The van der Waals surface area contributed by atoms with Gasteiger partial charge < -0.3 is 5.11 Å². The van der Waals surface area contributed by atoms with Crippen LogP contribution in [0.4, 0.5) is 0 Å². The minimum absolute atomic E-state index is 0.400. The van der Waals surface area contributed by atoms with Gasteiger partial charge in [-0.25, -0.2) is 0 Å². The van der Waals surface area contributed by atoms with E-state index in [0.29, 0.717) is 5.75 Å². The second kappa shape index (κ2) is 3.67. The highest BCUT2D eigenvalue weighted by atomic mass is 32.2. The quantitative estimate of drug-likeness (QED) is 0.685. The zero-order valence-electron chi connectivity index (χ0n) is 6.79. The molecule has 0 aliphatic heterocycles. The molecular formula is C9H12OS. The maximum absolute atomic E-state index is 9.40. The summed E-state index contributed by atoms with van der Waals surface area (Å²) in [7, 11) is 0. The molecule has 2 heteroatoms. The number of phenols is 1. The summed E-state index contributed by atoms with van der Waals surface area (Å²) in [5.41, 5.74) is 1.15. The summed E-state index contributed by atoms with van der Waals surface area (Å²) in [5.74, 6) is 1.40. The fourth-order valence-electron chi connectivity index (χ4n) is 0.969. The third-order valence-corrected chi connectivity index (χ3v) is 2.59. The molecule has 0 atom stereocenters. The van der Waals surface area contributed by atoms with Gasteiger partial charge in [-0.3, -0.25) is 0 Å². The van der Waals surface area contributed by atoms with Crippen molar-refractivity contribution in [3.05, 3.63) is 23.8 Å². The molecule has 0 saturated carbocycles. The van der Waals surface area contributed by atoms with E-state index in [2.05, 4.69) is 6.92 Å². The molecule has 1 nitrogen and oxygen atoms in total. The van der Waals surface area contributed by atoms with E-state index < -0.39 is 0 Å². The highest BCUT2D eigenvalue weighted by Crippen LogP contribution is 2.30. The van der Waals surface area contributed by atoms with Gasteiger partial charge in [-0.05, 0) is 24.3 Å². The van der Waals surface area contributed by atoms with Crippen LogP contribution in [0.15, 0.2) is 23.1 Å². The lowest BCUT2D eigenvalue weighted by atomic mass is 10.2. The molecule has 1 rings (SSSR count). The average molecular weight is 168 g/mol. The molecule has 60 valence electrons. The minimum Gasteiger partial charge on any atom is -0.507 e. The predicted octanol–water partition coefficient (Wildman–Crippen LogP) is 2.81. The number of thioether (sulfide) groups is 1. The highest BCUT2D eigenvalue weighted by molar-refractivity contribution is 7.99. The molecule has 1 N–H and O–H groups in total. The molecule has 0 bridgehead atoms. The molecule has 1 aromatic carbocycles. The van der Waals surface area contributed by atoms with Crippen molar-refractivity contribution in [2.75, 3.05) is 5.75 Å². The topological polar surface area (TPSA) is 20.2 Å². The van der Waals surface area contributed by atoms with Gasteiger partial charge in [0.15, 0.2) is 0 Å². The first kappa shape index (κ1) is 8.47. The molecular weight excluding hydrogens is 156 g/mol. The number of aromatic hydroxyl groups is 1. The normalized spacial score (nSPS) is 10.0. The fraction of sp³-hybridized carbons (Fsp3) is 0.333. The first-order chi connectivity index (χ1) is 5.25. The zero-order valence-corrected chi connectivity index (χ0v) is 7.61. The molecule has 0 aromatic heterocycles. The van der Waals surface area contributed by atoms with E-state index in [1.54, 1.807) is 17.8 Å². The van der Waals surface area contributed by atoms with Crippen LogP contribution in [-0.4, -0.2) is 10.9 Å². The Morgan fingerprint density at radius 3 is 2.73 bits per heavy atom. The van der Waals surface area contributed by atoms with Crippen molar-refractivity contribution in [2.24, 2.45) is 0 Å². The van der Waals surface area contributed by atoms with Gasteiger partial charge in [-0.15, -0.1) is 11.8 Å². The smallest absolute Gasteiger partial charge is 0.129 e. The second-order valence-electron chi connectivity index (χ2n) is 2.36. The molecule has 0 spiro atoms. The molecule has 0 aliphatic carbocycles. The van der Waals surface area contributed by atoms with E-state index in [1.807, 2.05) is 19.1 Å². The number of hydrogen-bond acceptors (Lipinski definition) is 2. The van der Waals surface area contributed by atoms with E-state index in [9.17, 15) is 5.11 Å². The Kier molecular flexibility index (Phi) is 2.83. The SMILES string of the molecule is CCSc1c(C)cccc1O. The zero-order chi connectivity index (χ0) is 8.27. The van der Waals surface area contributed by atoms with Crippen LogP contribution in [0.25, 0.3) is 0 Å². The summed E-state index contributed by atoms with van der Waals surface area (Å²) in [6.45, 7) is 4.09. The molecule has 1 aromatic rings. The van der Waals surface area contributed by atoms with Crippen LogP contribution in [0.3, 0.4) is 0 Å². The first-order valence-electron chi connectivity index (χ1n) is 3.67. The maximum Gasteiger partial charge on any atom is 0.129 e. The van der Waals surface area contributed by atoms with E-state index >= 15 is 0 Å². The number of hydrogen-bond donors (Lipinski definition) is 1. The lowest BCUT2D eigenvalue weighted by Crippen LogP contribution is -1.80. The summed E-state index contributed by atoms with van der Waals surface area (Å²) in [6.07, 6.45) is 0. The number of rotatable bonds is 2. The van der Waals surface area contributed by atoms with Crippen LogP contribution < -0.4 is 0 Å². The average Bonchev–Trinajstić information content (AvgIpc) is 1.97. The first-order valence-corrected chi connectivity index (χ1v) is 4.65. The second-order valence-corrected chi connectivity index (χ2v) is 3.63. The summed E-state index contributed by atoms with van der Waals surface area (Å²) in [4.78, 5) is 1.01. The molecule has 0 heterocycles. The van der Waals surface area contributed by atoms with Gasteiger partial charge >= 0.3 is 0 Å². The van der Waals surface area contributed by atoms with Crippen molar-refractivity contribution in [1.29, 1.82) is 0 Å². The number of benzene rings is 1. The van der Waals surface area contributed by atoms with Crippen molar-refractivity contribution in [3.63, 3.8) is 0 Å². The molecule has 0 amide bonds. The number of aryl methyl sites for hydroxylation is 1. The van der Waals surface area contributed by atoms with Gasteiger partial charge in [0.1, 0.15) is 5.75 Å². The lowest BCUT2D eigenvalue weighted by Gasteiger charge is -2.04. The van der Waals surface area contributed by atoms with Gasteiger partial charge in [-0.2, -0.15) is 0 Å². The Balaban J connectivity index is 3.00. The standard InChI is InChI=1S/C9H12OS/c1-3-11-9-7(2)5-4-6-8(9)10/h4-6,10H,3H2,1-2H3. The van der Waals surface area contributed by atoms with Crippen LogP contribution >= 0.6 is 11.8 Å². The molecule has 11 heavy (non-hydrogen) atoms. The van der Waals surface area contributed by atoms with Gasteiger partial charge in [0.05, 0.1) is 4.90 Å². The van der Waals surface area contributed by atoms with Gasteiger partial charge in [0.25, 0.3) is 0 Å². The van der Waals surface area contributed by atoms with E-state index in [4.69, 9.17) is 0 Å². The molecule has 0 aliphatic rings. The van der Waals surface area contributed by atoms with Crippen molar-refractivity contribution >= 4 is 11.8 Å². The summed E-state index contributed by atoms with van der Waals surface area (Å²) in [6, 6.07) is 5.60. The molecule has 0 radical (unpaired) electrons. The highest BCUT2D eigenvalue weighted by Gasteiger charge is 2.01.